The minimum atomic E-state index is -0.619. The summed E-state index contributed by atoms with van der Waals surface area (Å²) in [5.74, 6) is 2.88. The summed E-state index contributed by atoms with van der Waals surface area (Å²) >= 11 is 0. The predicted molar refractivity (Wildman–Crippen MR) is 102 cm³/mol. The van der Waals surface area contributed by atoms with Crippen molar-refractivity contribution < 1.29 is 4.52 Å². The first-order valence-electron chi connectivity index (χ1n) is 10.4. The first-order valence-corrected chi connectivity index (χ1v) is 11.5. The third kappa shape index (κ3) is 2.50. The van der Waals surface area contributed by atoms with Crippen molar-refractivity contribution in [2.45, 2.75) is 63.0 Å². The van der Waals surface area contributed by atoms with E-state index in [0.29, 0.717) is 0 Å². The molecule has 4 aliphatic carbocycles. The Bertz CT molecular complexity index is 615. The van der Waals surface area contributed by atoms with Gasteiger partial charge in [0, 0.05) is 24.8 Å². The van der Waals surface area contributed by atoms with E-state index in [4.69, 9.17) is 4.52 Å². The van der Waals surface area contributed by atoms with Gasteiger partial charge in [0.2, 0.25) is 8.45 Å². The van der Waals surface area contributed by atoms with E-state index in [0.717, 1.165) is 23.8 Å². The number of benzene rings is 1. The first kappa shape index (κ1) is 15.4. The van der Waals surface area contributed by atoms with E-state index in [2.05, 4.69) is 39.7 Å². The van der Waals surface area contributed by atoms with E-state index in [1.54, 1.807) is 0 Å². The van der Waals surface area contributed by atoms with Crippen LogP contribution in [-0.4, -0.2) is 29.4 Å². The molecule has 7 rings (SSSR count). The molecule has 0 radical (unpaired) electrons. The molecule has 2 saturated heterocycles. The Morgan fingerprint density at radius 1 is 0.960 bits per heavy atom. The lowest BCUT2D eigenvalue weighted by atomic mass is 9.54. The van der Waals surface area contributed by atoms with Gasteiger partial charge in [0.25, 0.3) is 0 Å². The largest absolute Gasteiger partial charge is 0.320 e. The molecular weight excluding hydrogens is 327 g/mol. The summed E-state index contributed by atoms with van der Waals surface area (Å²) in [5.41, 5.74) is 1.58. The molecule has 6 fully saturated rings. The Kier molecular flexibility index (Phi) is 3.51. The maximum atomic E-state index is 7.21. The van der Waals surface area contributed by atoms with Crippen LogP contribution in [0.5, 0.6) is 0 Å². The summed E-state index contributed by atoms with van der Waals surface area (Å²) in [7, 11) is -0.619. The third-order valence-corrected chi connectivity index (χ3v) is 9.79. The molecule has 2 heterocycles. The minimum absolute atomic E-state index is 0.213. The number of hydrogen-bond donors (Lipinski definition) is 0. The van der Waals surface area contributed by atoms with Crippen LogP contribution in [0.4, 0.5) is 5.69 Å². The van der Waals surface area contributed by atoms with Gasteiger partial charge in [-0.3, -0.25) is 0 Å². The van der Waals surface area contributed by atoms with Crippen LogP contribution in [0.3, 0.4) is 0 Å². The van der Waals surface area contributed by atoms with E-state index >= 15 is 0 Å². The van der Waals surface area contributed by atoms with Crippen LogP contribution in [0.15, 0.2) is 30.3 Å². The third-order valence-electron chi connectivity index (χ3n) is 7.47. The Balaban J connectivity index is 1.31. The summed E-state index contributed by atoms with van der Waals surface area (Å²) in [6.07, 6.45) is 11.2. The second kappa shape index (κ2) is 5.68. The van der Waals surface area contributed by atoms with E-state index in [1.807, 2.05) is 0 Å². The standard InChI is InChI=1S/C21H29N2OP/c1-2-5-19(6-3-1)23-15-20-7-4-8-22(20)25(23)24-21-12-16-9-17(13-21)11-18(10-16)14-21/h1-3,5-6,16-18,20H,4,7-15H2/t16?,17?,18?,20-,21?,25?/m0/s1. The van der Waals surface area contributed by atoms with Gasteiger partial charge in [-0.15, -0.1) is 0 Å². The molecule has 4 saturated carbocycles. The van der Waals surface area contributed by atoms with Gasteiger partial charge >= 0.3 is 0 Å². The van der Waals surface area contributed by atoms with Gasteiger partial charge in [0.05, 0.1) is 5.60 Å². The molecule has 25 heavy (non-hydrogen) atoms. The maximum Gasteiger partial charge on any atom is 0.218 e. The van der Waals surface area contributed by atoms with Crippen LogP contribution in [0.2, 0.25) is 0 Å². The van der Waals surface area contributed by atoms with Crippen LogP contribution in [0.25, 0.3) is 0 Å². The van der Waals surface area contributed by atoms with Crippen molar-refractivity contribution in [1.29, 1.82) is 0 Å². The zero-order chi connectivity index (χ0) is 16.4. The second-order valence-electron chi connectivity index (χ2n) is 9.32. The topological polar surface area (TPSA) is 15.7 Å². The second-order valence-corrected chi connectivity index (χ2v) is 11.0. The molecule has 1 aromatic carbocycles. The SMILES string of the molecule is c1ccc(N2C[C@@H]3CCCN3P2OC23CC4CC(CC(C4)C2)C3)cc1. The first-order chi connectivity index (χ1) is 12.3. The highest BCUT2D eigenvalue weighted by atomic mass is 31.2. The van der Waals surface area contributed by atoms with Gasteiger partial charge in [-0.1, -0.05) is 18.2 Å². The van der Waals surface area contributed by atoms with Crippen molar-refractivity contribution in [1.82, 2.24) is 4.67 Å². The molecule has 4 bridgehead atoms. The highest BCUT2D eigenvalue weighted by molar-refractivity contribution is 7.52. The highest BCUT2D eigenvalue weighted by Crippen LogP contribution is 2.65. The normalized spacial score (nSPS) is 45.3. The zero-order valence-corrected chi connectivity index (χ0v) is 15.9. The van der Waals surface area contributed by atoms with Gasteiger partial charge in [-0.05, 0) is 81.3 Å². The monoisotopic (exact) mass is 356 g/mol. The average Bonchev–Trinajstić information content (AvgIpc) is 3.17. The number of para-hydroxylation sites is 1. The lowest BCUT2D eigenvalue weighted by Gasteiger charge is -2.57. The predicted octanol–water partition coefficient (Wildman–Crippen LogP) is 5.18. The quantitative estimate of drug-likeness (QED) is 0.694. The molecule has 1 aromatic rings. The Hall–Kier alpha value is -0.630. The van der Waals surface area contributed by atoms with E-state index in [1.165, 1.54) is 70.1 Å². The molecule has 0 aromatic heterocycles. The average molecular weight is 356 g/mol. The van der Waals surface area contributed by atoms with Gasteiger partial charge in [0.1, 0.15) is 0 Å². The van der Waals surface area contributed by atoms with Gasteiger partial charge in [-0.25, -0.2) is 4.67 Å². The van der Waals surface area contributed by atoms with Crippen molar-refractivity contribution in [3.63, 3.8) is 0 Å². The van der Waals surface area contributed by atoms with E-state index in [9.17, 15) is 0 Å². The molecule has 6 aliphatic rings. The minimum Gasteiger partial charge on any atom is -0.320 e. The summed E-state index contributed by atoms with van der Waals surface area (Å²) < 4.78 is 12.6. The van der Waals surface area contributed by atoms with Gasteiger partial charge < -0.3 is 9.19 Å². The van der Waals surface area contributed by atoms with Gasteiger partial charge in [-0.2, -0.15) is 0 Å². The van der Waals surface area contributed by atoms with Crippen LogP contribution in [0.1, 0.15) is 51.4 Å². The number of nitrogens with zero attached hydrogens (tertiary/aromatic N) is 2. The molecule has 2 aliphatic heterocycles. The zero-order valence-electron chi connectivity index (χ0n) is 15.0. The summed E-state index contributed by atoms with van der Waals surface area (Å²) in [6, 6.07) is 11.8. The van der Waals surface area contributed by atoms with Gasteiger partial charge in [0.15, 0.2) is 0 Å². The fourth-order valence-electron chi connectivity index (χ4n) is 6.86. The number of rotatable bonds is 3. The van der Waals surface area contributed by atoms with Crippen molar-refractivity contribution in [2.75, 3.05) is 17.8 Å². The molecular formula is C21H29N2OP. The number of fused-ring (bicyclic) bond motifs is 1. The molecule has 134 valence electrons. The molecule has 1 unspecified atom stereocenters. The smallest absolute Gasteiger partial charge is 0.218 e. The highest BCUT2D eigenvalue weighted by Gasteiger charge is 2.55. The van der Waals surface area contributed by atoms with Crippen molar-refractivity contribution in [3.05, 3.63) is 30.3 Å². The van der Waals surface area contributed by atoms with Crippen LogP contribution < -0.4 is 4.67 Å². The lowest BCUT2D eigenvalue weighted by molar-refractivity contribution is -0.105. The van der Waals surface area contributed by atoms with E-state index < -0.39 is 8.45 Å². The fraction of sp³-hybridized carbons (Fsp3) is 0.714. The summed E-state index contributed by atoms with van der Waals surface area (Å²) in [4.78, 5) is 0. The molecule has 0 spiro atoms. The van der Waals surface area contributed by atoms with Crippen LogP contribution in [0, 0.1) is 17.8 Å². The Morgan fingerprint density at radius 2 is 1.64 bits per heavy atom. The maximum absolute atomic E-state index is 7.21. The van der Waals surface area contributed by atoms with Crippen molar-refractivity contribution >= 4 is 14.1 Å². The number of hydrogen-bond acceptors (Lipinski definition) is 3. The Labute approximate surface area is 152 Å². The fourth-order valence-corrected chi connectivity index (χ4v) is 9.35. The Morgan fingerprint density at radius 3 is 2.32 bits per heavy atom. The van der Waals surface area contributed by atoms with Crippen LogP contribution >= 0.6 is 8.45 Å². The molecule has 4 heteroatoms. The lowest BCUT2D eigenvalue weighted by Crippen LogP contribution is -2.52. The molecule has 2 atom stereocenters. The summed E-state index contributed by atoms with van der Waals surface area (Å²) in [5, 5.41) is 0. The van der Waals surface area contributed by atoms with Crippen molar-refractivity contribution in [3.8, 4) is 0 Å². The van der Waals surface area contributed by atoms with Crippen LogP contribution in [-0.2, 0) is 4.52 Å². The number of anilines is 1. The molecule has 0 amide bonds. The molecule has 3 nitrogen and oxygen atoms in total. The summed E-state index contributed by atoms with van der Waals surface area (Å²) in [6.45, 7) is 2.41. The molecule has 0 N–H and O–H groups in total. The van der Waals surface area contributed by atoms with Crippen molar-refractivity contribution in [2.24, 2.45) is 17.8 Å². The van der Waals surface area contributed by atoms with E-state index in [-0.39, 0.29) is 5.60 Å².